The Bertz CT molecular complexity index is 470. The second kappa shape index (κ2) is 6.61. The molecular formula is C13H17BrN2O2S. The maximum atomic E-state index is 10.7. The van der Waals surface area contributed by atoms with Crippen molar-refractivity contribution in [3.8, 4) is 0 Å². The fraction of sp³-hybridized carbons (Fsp3) is 0.538. The van der Waals surface area contributed by atoms with E-state index in [-0.39, 0.29) is 10.6 Å². The second-order valence-electron chi connectivity index (χ2n) is 4.73. The summed E-state index contributed by atoms with van der Waals surface area (Å²) in [4.78, 5) is 10.3. The standard InChI is InChI=1S/C13H17BrN2O2S/c1-19-13-5-3-2-4-12(13)15-11-7-6-9(16(17)18)8-10(11)14/h6-8,12-13,15H,2-5H2,1H3. The largest absolute Gasteiger partial charge is 0.380 e. The summed E-state index contributed by atoms with van der Waals surface area (Å²) in [6, 6.07) is 5.33. The minimum atomic E-state index is -0.375. The number of anilines is 1. The number of benzene rings is 1. The highest BCUT2D eigenvalue weighted by Gasteiger charge is 2.24. The Morgan fingerprint density at radius 3 is 2.79 bits per heavy atom. The van der Waals surface area contributed by atoms with E-state index < -0.39 is 0 Å². The molecule has 1 saturated carbocycles. The normalized spacial score (nSPS) is 23.1. The third-order valence-corrected chi connectivity index (χ3v) is 5.34. The molecule has 2 atom stereocenters. The fourth-order valence-corrected chi connectivity index (χ4v) is 3.89. The lowest BCUT2D eigenvalue weighted by Crippen LogP contribution is -2.34. The molecule has 1 aromatic rings. The van der Waals surface area contributed by atoms with Gasteiger partial charge in [0.15, 0.2) is 0 Å². The van der Waals surface area contributed by atoms with E-state index in [0.717, 1.165) is 16.6 Å². The highest BCUT2D eigenvalue weighted by molar-refractivity contribution is 9.10. The molecule has 6 heteroatoms. The molecule has 0 saturated heterocycles. The predicted molar refractivity (Wildman–Crippen MR) is 84.0 cm³/mol. The topological polar surface area (TPSA) is 55.2 Å². The lowest BCUT2D eigenvalue weighted by atomic mass is 9.94. The van der Waals surface area contributed by atoms with Crippen molar-refractivity contribution >= 4 is 39.1 Å². The Labute approximate surface area is 125 Å². The van der Waals surface area contributed by atoms with Crippen LogP contribution in [-0.2, 0) is 0 Å². The third kappa shape index (κ3) is 3.63. The average Bonchev–Trinajstić information content (AvgIpc) is 2.41. The first-order chi connectivity index (χ1) is 9.11. The van der Waals surface area contributed by atoms with Crippen LogP contribution >= 0.6 is 27.7 Å². The second-order valence-corrected chi connectivity index (χ2v) is 6.66. The highest BCUT2D eigenvalue weighted by Crippen LogP contribution is 2.33. The van der Waals surface area contributed by atoms with Crippen molar-refractivity contribution in [3.63, 3.8) is 0 Å². The molecule has 19 heavy (non-hydrogen) atoms. The number of halogens is 1. The molecule has 1 aliphatic carbocycles. The van der Waals surface area contributed by atoms with Crippen LogP contribution in [0.1, 0.15) is 25.7 Å². The molecule has 0 aliphatic heterocycles. The third-order valence-electron chi connectivity index (χ3n) is 3.51. The summed E-state index contributed by atoms with van der Waals surface area (Å²) in [5.41, 5.74) is 1.05. The Morgan fingerprint density at radius 2 is 2.16 bits per heavy atom. The number of hydrogen-bond acceptors (Lipinski definition) is 4. The molecule has 0 bridgehead atoms. The zero-order chi connectivity index (χ0) is 13.8. The number of nitrogens with one attached hydrogen (secondary N) is 1. The van der Waals surface area contributed by atoms with Crippen molar-refractivity contribution in [2.24, 2.45) is 0 Å². The Hall–Kier alpha value is -0.750. The van der Waals surface area contributed by atoms with E-state index in [2.05, 4.69) is 27.5 Å². The first-order valence-corrected chi connectivity index (χ1v) is 8.43. The van der Waals surface area contributed by atoms with Gasteiger partial charge in [-0.05, 0) is 41.1 Å². The van der Waals surface area contributed by atoms with Gasteiger partial charge >= 0.3 is 0 Å². The van der Waals surface area contributed by atoms with Gasteiger partial charge in [-0.25, -0.2) is 0 Å². The van der Waals surface area contributed by atoms with Crippen molar-refractivity contribution in [2.75, 3.05) is 11.6 Å². The van der Waals surface area contributed by atoms with Gasteiger partial charge in [-0.15, -0.1) is 0 Å². The molecule has 4 nitrogen and oxygen atoms in total. The van der Waals surface area contributed by atoms with Crippen molar-refractivity contribution in [1.29, 1.82) is 0 Å². The van der Waals surface area contributed by atoms with Gasteiger partial charge in [0.2, 0.25) is 0 Å². The molecule has 1 fully saturated rings. The molecule has 1 N–H and O–H groups in total. The maximum Gasteiger partial charge on any atom is 0.270 e. The van der Waals surface area contributed by atoms with Gasteiger partial charge in [-0.2, -0.15) is 11.8 Å². The van der Waals surface area contributed by atoms with Crippen molar-refractivity contribution < 1.29 is 4.92 Å². The van der Waals surface area contributed by atoms with Gasteiger partial charge in [-0.3, -0.25) is 10.1 Å². The van der Waals surface area contributed by atoms with Crippen LogP contribution in [-0.4, -0.2) is 22.5 Å². The van der Waals surface area contributed by atoms with Gasteiger partial charge in [0.25, 0.3) is 5.69 Å². The molecule has 104 valence electrons. The first kappa shape index (κ1) is 14.7. The summed E-state index contributed by atoms with van der Waals surface area (Å²) in [5.74, 6) is 0. The molecule has 2 rings (SSSR count). The average molecular weight is 345 g/mol. The van der Waals surface area contributed by atoms with E-state index >= 15 is 0 Å². The van der Waals surface area contributed by atoms with Crippen LogP contribution in [0, 0.1) is 10.1 Å². The van der Waals surface area contributed by atoms with Gasteiger partial charge in [-0.1, -0.05) is 12.8 Å². The van der Waals surface area contributed by atoms with Crippen LogP contribution in [0.5, 0.6) is 0 Å². The summed E-state index contributed by atoms with van der Waals surface area (Å²) in [5, 5.41) is 14.9. The number of nitro benzene ring substituents is 1. The predicted octanol–water partition coefficient (Wildman–Crippen LogP) is 4.44. The van der Waals surface area contributed by atoms with Crippen LogP contribution in [0.25, 0.3) is 0 Å². The smallest absolute Gasteiger partial charge is 0.270 e. The molecule has 1 aliphatic rings. The lowest BCUT2D eigenvalue weighted by Gasteiger charge is -2.32. The molecule has 0 aromatic heterocycles. The van der Waals surface area contributed by atoms with Crippen LogP contribution in [0.2, 0.25) is 0 Å². The summed E-state index contributed by atoms with van der Waals surface area (Å²) < 4.78 is 0.757. The van der Waals surface area contributed by atoms with Crippen LogP contribution < -0.4 is 5.32 Å². The van der Waals surface area contributed by atoms with E-state index in [1.165, 1.54) is 19.3 Å². The van der Waals surface area contributed by atoms with Crippen molar-refractivity contribution in [1.82, 2.24) is 0 Å². The summed E-state index contributed by atoms with van der Waals surface area (Å²) >= 11 is 5.31. The minimum Gasteiger partial charge on any atom is -0.380 e. The molecular weight excluding hydrogens is 328 g/mol. The number of thioether (sulfide) groups is 1. The Morgan fingerprint density at radius 1 is 1.42 bits per heavy atom. The molecule has 1 aromatic carbocycles. The maximum absolute atomic E-state index is 10.7. The van der Waals surface area contributed by atoms with E-state index in [9.17, 15) is 10.1 Å². The molecule has 0 spiro atoms. The zero-order valence-electron chi connectivity index (χ0n) is 10.8. The van der Waals surface area contributed by atoms with Gasteiger partial charge in [0.05, 0.1) is 4.92 Å². The SMILES string of the molecule is CSC1CCCCC1Nc1ccc([N+](=O)[O-])cc1Br. The minimum absolute atomic E-state index is 0.113. The number of nitro groups is 1. The van der Waals surface area contributed by atoms with Crippen LogP contribution in [0.3, 0.4) is 0 Å². The number of hydrogen-bond donors (Lipinski definition) is 1. The summed E-state index contributed by atoms with van der Waals surface area (Å²) in [7, 11) is 0. The van der Waals surface area contributed by atoms with Gasteiger partial charge < -0.3 is 5.32 Å². The van der Waals surface area contributed by atoms with E-state index in [1.54, 1.807) is 18.2 Å². The number of nitrogens with zero attached hydrogens (tertiary/aromatic N) is 1. The van der Waals surface area contributed by atoms with E-state index in [1.807, 2.05) is 11.8 Å². The van der Waals surface area contributed by atoms with Gasteiger partial charge in [0, 0.05) is 33.6 Å². The first-order valence-electron chi connectivity index (χ1n) is 6.35. The quantitative estimate of drug-likeness (QED) is 0.647. The molecule has 0 radical (unpaired) electrons. The van der Waals surface area contributed by atoms with Crippen LogP contribution in [0.4, 0.5) is 11.4 Å². The number of rotatable bonds is 4. The van der Waals surface area contributed by atoms with Crippen molar-refractivity contribution in [2.45, 2.75) is 37.0 Å². The Kier molecular flexibility index (Phi) is 5.10. The van der Waals surface area contributed by atoms with E-state index in [0.29, 0.717) is 11.3 Å². The fourth-order valence-electron chi connectivity index (χ4n) is 2.48. The summed E-state index contributed by atoms with van der Waals surface area (Å²) in [6.45, 7) is 0. The molecule has 0 amide bonds. The highest BCUT2D eigenvalue weighted by atomic mass is 79.9. The van der Waals surface area contributed by atoms with Gasteiger partial charge in [0.1, 0.15) is 0 Å². The monoisotopic (exact) mass is 344 g/mol. The molecule has 2 unspecified atom stereocenters. The van der Waals surface area contributed by atoms with Crippen LogP contribution in [0.15, 0.2) is 22.7 Å². The van der Waals surface area contributed by atoms with Crippen molar-refractivity contribution in [3.05, 3.63) is 32.8 Å². The summed E-state index contributed by atoms with van der Waals surface area (Å²) in [6.07, 6.45) is 7.10. The molecule has 0 heterocycles. The Balaban J connectivity index is 2.11. The van der Waals surface area contributed by atoms with E-state index in [4.69, 9.17) is 0 Å². The lowest BCUT2D eigenvalue weighted by molar-refractivity contribution is -0.384. The number of non-ortho nitro benzene ring substituents is 1. The zero-order valence-corrected chi connectivity index (χ0v) is 13.2.